The Bertz CT molecular complexity index is 956. The Morgan fingerprint density at radius 3 is 2.63 bits per heavy atom. The molecule has 2 aromatic rings. The number of amides is 2. The number of nitrogens with zero attached hydrogens (tertiary/aromatic N) is 3. The van der Waals surface area contributed by atoms with Gasteiger partial charge in [0.2, 0.25) is 17.7 Å². The van der Waals surface area contributed by atoms with Crippen molar-refractivity contribution in [1.82, 2.24) is 9.88 Å². The first kappa shape index (κ1) is 20.7. The highest BCUT2D eigenvalue weighted by molar-refractivity contribution is 6.31. The number of aryl methyl sites for hydroxylation is 2. The van der Waals surface area contributed by atoms with E-state index in [1.165, 1.54) is 5.56 Å². The minimum atomic E-state index is -0.290. The van der Waals surface area contributed by atoms with E-state index in [-0.39, 0.29) is 30.3 Å². The highest BCUT2D eigenvalue weighted by Gasteiger charge is 2.38. The zero-order valence-electron chi connectivity index (χ0n) is 17.3. The lowest BCUT2D eigenvalue weighted by atomic mass is 10.0. The molecule has 1 aromatic carbocycles. The molecule has 0 bridgehead atoms. The van der Waals surface area contributed by atoms with Gasteiger partial charge in [-0.25, -0.2) is 4.98 Å². The quantitative estimate of drug-likeness (QED) is 0.745. The van der Waals surface area contributed by atoms with Gasteiger partial charge < -0.3 is 14.5 Å². The summed E-state index contributed by atoms with van der Waals surface area (Å²) >= 11 is 6.12. The van der Waals surface area contributed by atoms with Crippen molar-refractivity contribution >= 4 is 29.1 Å². The predicted octanol–water partition coefficient (Wildman–Crippen LogP) is 3.77. The number of aromatic nitrogens is 1. The van der Waals surface area contributed by atoms with Crippen LogP contribution in [-0.4, -0.2) is 47.4 Å². The van der Waals surface area contributed by atoms with Gasteiger partial charge in [0, 0.05) is 50.8 Å². The number of halogens is 1. The van der Waals surface area contributed by atoms with Crippen molar-refractivity contribution in [3.8, 4) is 5.88 Å². The van der Waals surface area contributed by atoms with Gasteiger partial charge in [-0.05, 0) is 49.2 Å². The molecule has 1 aromatic heterocycles. The van der Waals surface area contributed by atoms with Crippen LogP contribution in [0.15, 0.2) is 36.5 Å². The van der Waals surface area contributed by atoms with Crippen LogP contribution in [0.5, 0.6) is 5.88 Å². The van der Waals surface area contributed by atoms with Gasteiger partial charge in [0.25, 0.3) is 0 Å². The number of carbonyl (C=O) groups excluding carboxylic acids is 2. The first-order chi connectivity index (χ1) is 14.4. The maximum atomic E-state index is 13.0. The van der Waals surface area contributed by atoms with E-state index in [0.29, 0.717) is 30.5 Å². The van der Waals surface area contributed by atoms with Crippen molar-refractivity contribution in [2.45, 2.75) is 39.2 Å². The van der Waals surface area contributed by atoms with E-state index in [9.17, 15) is 9.59 Å². The molecule has 1 unspecified atom stereocenters. The second kappa shape index (κ2) is 8.64. The van der Waals surface area contributed by atoms with Gasteiger partial charge in [-0.2, -0.15) is 0 Å². The Balaban J connectivity index is 1.34. The van der Waals surface area contributed by atoms with Crippen molar-refractivity contribution in [2.75, 3.05) is 24.5 Å². The summed E-state index contributed by atoms with van der Waals surface area (Å²) in [6.07, 6.45) is 3.35. The Kier molecular flexibility index (Phi) is 5.95. The molecule has 6 nitrogen and oxygen atoms in total. The molecular weight excluding hydrogens is 402 g/mol. The largest absolute Gasteiger partial charge is 0.473 e. The van der Waals surface area contributed by atoms with Gasteiger partial charge in [-0.3, -0.25) is 9.59 Å². The van der Waals surface area contributed by atoms with Crippen LogP contribution >= 0.6 is 11.6 Å². The molecule has 2 aliphatic heterocycles. The van der Waals surface area contributed by atoms with Gasteiger partial charge in [0.15, 0.2) is 0 Å². The van der Waals surface area contributed by atoms with Crippen LogP contribution in [0.3, 0.4) is 0 Å². The third kappa shape index (κ3) is 4.29. The number of carbonyl (C=O) groups is 2. The van der Waals surface area contributed by atoms with E-state index in [1.807, 2.05) is 36.9 Å². The second-order valence-corrected chi connectivity index (χ2v) is 8.51. The molecular formula is C23H26ClN3O3. The minimum absolute atomic E-state index is 0.0135. The lowest BCUT2D eigenvalue weighted by molar-refractivity contribution is -0.137. The first-order valence-corrected chi connectivity index (χ1v) is 10.7. The van der Waals surface area contributed by atoms with Crippen LogP contribution < -0.4 is 9.64 Å². The van der Waals surface area contributed by atoms with E-state index < -0.39 is 0 Å². The summed E-state index contributed by atoms with van der Waals surface area (Å²) in [5.41, 5.74) is 3.21. The standard InChI is InChI=1S/C23H26ClN3O3/c1-15-5-6-18(12-16(15)2)27-14-17(13-21(27)28)23(29)26-10-7-19(8-11-26)30-22-20(24)4-3-9-25-22/h3-6,9,12,17,19H,7-8,10-11,13-14H2,1-2H3. The molecule has 2 fully saturated rings. The highest BCUT2D eigenvalue weighted by Crippen LogP contribution is 2.29. The van der Waals surface area contributed by atoms with E-state index in [4.69, 9.17) is 16.3 Å². The summed E-state index contributed by atoms with van der Waals surface area (Å²) in [7, 11) is 0. The zero-order chi connectivity index (χ0) is 21.3. The summed E-state index contributed by atoms with van der Waals surface area (Å²) in [5.74, 6) is 0.222. The van der Waals surface area contributed by atoms with E-state index in [0.717, 1.165) is 24.1 Å². The third-order valence-electron chi connectivity index (χ3n) is 6.03. The molecule has 0 radical (unpaired) electrons. The fraction of sp³-hybridized carbons (Fsp3) is 0.435. The number of hydrogen-bond acceptors (Lipinski definition) is 4. The van der Waals surface area contributed by atoms with E-state index in [2.05, 4.69) is 4.98 Å². The highest BCUT2D eigenvalue weighted by atomic mass is 35.5. The monoisotopic (exact) mass is 427 g/mol. The van der Waals surface area contributed by atoms with Crippen molar-refractivity contribution in [3.63, 3.8) is 0 Å². The van der Waals surface area contributed by atoms with Gasteiger partial charge in [-0.15, -0.1) is 0 Å². The van der Waals surface area contributed by atoms with Gasteiger partial charge in [0.1, 0.15) is 11.1 Å². The molecule has 0 aliphatic carbocycles. The summed E-state index contributed by atoms with van der Waals surface area (Å²) in [6.45, 7) is 5.75. The lowest BCUT2D eigenvalue weighted by Crippen LogP contribution is -2.45. The number of ether oxygens (including phenoxy) is 1. The molecule has 2 saturated heterocycles. The van der Waals surface area contributed by atoms with Crippen LogP contribution in [0.25, 0.3) is 0 Å². The number of likely N-dealkylation sites (tertiary alicyclic amines) is 1. The number of piperidine rings is 1. The SMILES string of the molecule is Cc1ccc(N2CC(C(=O)N3CCC(Oc4ncccc4Cl)CC3)CC2=O)cc1C. The topological polar surface area (TPSA) is 62.7 Å². The molecule has 30 heavy (non-hydrogen) atoms. The molecule has 3 heterocycles. The van der Waals surface area contributed by atoms with Crippen molar-refractivity contribution in [3.05, 3.63) is 52.7 Å². The third-order valence-corrected chi connectivity index (χ3v) is 6.32. The average molecular weight is 428 g/mol. The fourth-order valence-electron chi connectivity index (χ4n) is 4.08. The van der Waals surface area contributed by atoms with Gasteiger partial charge >= 0.3 is 0 Å². The second-order valence-electron chi connectivity index (χ2n) is 8.11. The Hall–Kier alpha value is -2.60. The number of anilines is 1. The van der Waals surface area contributed by atoms with E-state index in [1.54, 1.807) is 23.2 Å². The first-order valence-electron chi connectivity index (χ1n) is 10.4. The van der Waals surface area contributed by atoms with Crippen LogP contribution in [0.2, 0.25) is 5.02 Å². The summed E-state index contributed by atoms with van der Waals surface area (Å²) in [4.78, 5) is 33.4. The van der Waals surface area contributed by atoms with E-state index >= 15 is 0 Å². The molecule has 7 heteroatoms. The van der Waals surface area contributed by atoms with Crippen LogP contribution in [0, 0.1) is 19.8 Å². The average Bonchev–Trinajstić information content (AvgIpc) is 3.13. The normalized spacial score (nSPS) is 20.0. The molecule has 1 atom stereocenters. The van der Waals surface area contributed by atoms with Gasteiger partial charge in [0.05, 0.1) is 5.92 Å². The Morgan fingerprint density at radius 2 is 1.93 bits per heavy atom. The maximum absolute atomic E-state index is 13.0. The predicted molar refractivity (Wildman–Crippen MR) is 116 cm³/mol. The van der Waals surface area contributed by atoms with Crippen LogP contribution in [0.1, 0.15) is 30.4 Å². The summed E-state index contributed by atoms with van der Waals surface area (Å²) < 4.78 is 5.91. The maximum Gasteiger partial charge on any atom is 0.232 e. The van der Waals surface area contributed by atoms with Crippen molar-refractivity contribution in [2.24, 2.45) is 5.92 Å². The molecule has 0 saturated carbocycles. The molecule has 2 amide bonds. The molecule has 2 aliphatic rings. The Labute approximate surface area is 181 Å². The van der Waals surface area contributed by atoms with Crippen molar-refractivity contribution < 1.29 is 14.3 Å². The zero-order valence-corrected chi connectivity index (χ0v) is 18.1. The number of hydrogen-bond donors (Lipinski definition) is 0. The summed E-state index contributed by atoms with van der Waals surface area (Å²) in [5, 5.41) is 0.493. The van der Waals surface area contributed by atoms with Crippen molar-refractivity contribution in [1.29, 1.82) is 0 Å². The smallest absolute Gasteiger partial charge is 0.232 e. The van der Waals surface area contributed by atoms with Gasteiger partial charge in [-0.1, -0.05) is 17.7 Å². The summed E-state index contributed by atoms with van der Waals surface area (Å²) in [6, 6.07) is 9.51. The molecule has 158 valence electrons. The molecule has 0 spiro atoms. The number of rotatable bonds is 4. The number of benzene rings is 1. The van der Waals surface area contributed by atoms with Crippen LogP contribution in [0.4, 0.5) is 5.69 Å². The fourth-order valence-corrected chi connectivity index (χ4v) is 4.25. The van der Waals surface area contributed by atoms with Crippen LogP contribution in [-0.2, 0) is 9.59 Å². The molecule has 4 rings (SSSR count). The Morgan fingerprint density at radius 1 is 1.17 bits per heavy atom. The lowest BCUT2D eigenvalue weighted by Gasteiger charge is -2.33. The molecule has 0 N–H and O–H groups in total. The number of pyridine rings is 1. The minimum Gasteiger partial charge on any atom is -0.473 e.